The number of amides is 1. The third kappa shape index (κ3) is 3.91. The summed E-state index contributed by atoms with van der Waals surface area (Å²) in [5.41, 5.74) is 5.35. The molecule has 0 radical (unpaired) electrons. The van der Waals surface area contributed by atoms with Gasteiger partial charge in [0.05, 0.1) is 11.3 Å². The summed E-state index contributed by atoms with van der Waals surface area (Å²) in [6, 6.07) is 15.9. The minimum Gasteiger partial charge on any atom is -0.322 e. The molecule has 0 fully saturated rings. The van der Waals surface area contributed by atoms with E-state index in [0.717, 1.165) is 22.4 Å². The van der Waals surface area contributed by atoms with Gasteiger partial charge in [-0.25, -0.2) is 9.97 Å². The van der Waals surface area contributed by atoms with Crippen LogP contribution < -0.4 is 5.32 Å². The predicted octanol–water partition coefficient (Wildman–Crippen LogP) is 4.24. The van der Waals surface area contributed by atoms with Crippen molar-refractivity contribution < 1.29 is 4.79 Å². The molecule has 0 aliphatic heterocycles. The Kier molecular flexibility index (Phi) is 4.89. The summed E-state index contributed by atoms with van der Waals surface area (Å²) in [6.45, 7) is 5.86. The van der Waals surface area contributed by atoms with E-state index in [1.807, 2.05) is 69.3 Å². The fourth-order valence-corrected chi connectivity index (χ4v) is 2.68. The van der Waals surface area contributed by atoms with Crippen molar-refractivity contribution in [2.24, 2.45) is 0 Å². The second-order valence-electron chi connectivity index (χ2n) is 6.15. The first-order chi connectivity index (χ1) is 12.0. The quantitative estimate of drug-likeness (QED) is 0.778. The lowest BCUT2D eigenvalue weighted by Gasteiger charge is -2.11. The van der Waals surface area contributed by atoms with E-state index in [9.17, 15) is 4.79 Å². The molecule has 0 aliphatic carbocycles. The molecule has 1 aromatic heterocycles. The Morgan fingerprint density at radius 3 is 2.48 bits per heavy atom. The number of nitrogens with zero attached hydrogens (tertiary/aromatic N) is 2. The highest BCUT2D eigenvalue weighted by atomic mass is 16.1. The molecule has 3 aromatic rings. The molecule has 126 valence electrons. The monoisotopic (exact) mass is 331 g/mol. The van der Waals surface area contributed by atoms with E-state index in [1.165, 1.54) is 0 Å². The van der Waals surface area contributed by atoms with E-state index >= 15 is 0 Å². The number of aromatic nitrogens is 2. The van der Waals surface area contributed by atoms with Crippen LogP contribution in [0.3, 0.4) is 0 Å². The third-order valence-corrected chi connectivity index (χ3v) is 4.33. The molecule has 0 unspecified atom stereocenters. The number of rotatable bonds is 4. The molecule has 0 atom stereocenters. The lowest BCUT2D eigenvalue weighted by Crippen LogP contribution is -2.16. The van der Waals surface area contributed by atoms with Crippen LogP contribution in [-0.4, -0.2) is 15.9 Å². The van der Waals surface area contributed by atoms with Gasteiger partial charge in [0, 0.05) is 18.3 Å². The predicted molar refractivity (Wildman–Crippen MR) is 99.9 cm³/mol. The SMILES string of the molecule is Cc1cccc(NC(=O)c2cnc(Cc3ccccc3)nc2C)c1C. The second kappa shape index (κ2) is 7.26. The van der Waals surface area contributed by atoms with Crippen LogP contribution >= 0.6 is 0 Å². The number of carbonyl (C=O) groups is 1. The van der Waals surface area contributed by atoms with Gasteiger partial charge in [0.15, 0.2) is 0 Å². The normalized spacial score (nSPS) is 10.5. The fraction of sp³-hybridized carbons (Fsp3) is 0.190. The molecular weight excluding hydrogens is 310 g/mol. The summed E-state index contributed by atoms with van der Waals surface area (Å²) in [6.07, 6.45) is 2.27. The molecule has 0 saturated carbocycles. The number of aryl methyl sites for hydroxylation is 2. The topological polar surface area (TPSA) is 54.9 Å². The summed E-state index contributed by atoms with van der Waals surface area (Å²) >= 11 is 0. The molecule has 25 heavy (non-hydrogen) atoms. The zero-order valence-corrected chi connectivity index (χ0v) is 14.7. The van der Waals surface area contributed by atoms with Crippen LogP contribution in [0.15, 0.2) is 54.7 Å². The summed E-state index contributed by atoms with van der Waals surface area (Å²) in [7, 11) is 0. The van der Waals surface area contributed by atoms with E-state index in [0.29, 0.717) is 23.5 Å². The lowest BCUT2D eigenvalue weighted by molar-refractivity contribution is 0.102. The van der Waals surface area contributed by atoms with Crippen molar-refractivity contribution in [1.29, 1.82) is 0 Å². The Morgan fingerprint density at radius 1 is 1.00 bits per heavy atom. The van der Waals surface area contributed by atoms with Crippen LogP contribution in [0.1, 0.15) is 38.6 Å². The molecule has 0 aliphatic rings. The molecule has 4 heteroatoms. The van der Waals surface area contributed by atoms with Crippen LogP contribution in [-0.2, 0) is 6.42 Å². The molecule has 0 saturated heterocycles. The number of hydrogen-bond acceptors (Lipinski definition) is 3. The zero-order chi connectivity index (χ0) is 17.8. The van der Waals surface area contributed by atoms with Gasteiger partial charge >= 0.3 is 0 Å². The van der Waals surface area contributed by atoms with Crippen molar-refractivity contribution >= 4 is 11.6 Å². The number of nitrogens with one attached hydrogen (secondary N) is 1. The smallest absolute Gasteiger partial charge is 0.259 e. The average Bonchev–Trinajstić information content (AvgIpc) is 2.60. The van der Waals surface area contributed by atoms with Gasteiger partial charge in [-0.1, -0.05) is 42.5 Å². The fourth-order valence-electron chi connectivity index (χ4n) is 2.68. The standard InChI is InChI=1S/C21H21N3O/c1-14-8-7-11-19(15(14)2)24-21(25)18-13-22-20(23-16(18)3)12-17-9-5-4-6-10-17/h4-11,13H,12H2,1-3H3,(H,24,25). The maximum atomic E-state index is 12.6. The summed E-state index contributed by atoms with van der Waals surface area (Å²) in [5.74, 6) is 0.532. The van der Waals surface area contributed by atoms with Crippen molar-refractivity contribution in [3.05, 3.63) is 88.5 Å². The van der Waals surface area contributed by atoms with E-state index in [-0.39, 0.29) is 5.91 Å². The van der Waals surface area contributed by atoms with Crippen molar-refractivity contribution in [1.82, 2.24) is 9.97 Å². The maximum Gasteiger partial charge on any atom is 0.259 e. The van der Waals surface area contributed by atoms with Crippen LogP contribution in [0.4, 0.5) is 5.69 Å². The molecule has 1 N–H and O–H groups in total. The Labute approximate surface area is 148 Å². The van der Waals surface area contributed by atoms with Gasteiger partial charge in [0.1, 0.15) is 5.82 Å². The van der Waals surface area contributed by atoms with Gasteiger partial charge in [0.25, 0.3) is 5.91 Å². The average molecular weight is 331 g/mol. The van der Waals surface area contributed by atoms with Crippen LogP contribution in [0, 0.1) is 20.8 Å². The number of benzene rings is 2. The van der Waals surface area contributed by atoms with Crippen LogP contribution in [0.5, 0.6) is 0 Å². The minimum absolute atomic E-state index is 0.183. The third-order valence-electron chi connectivity index (χ3n) is 4.33. The van der Waals surface area contributed by atoms with Gasteiger partial charge < -0.3 is 5.32 Å². The second-order valence-corrected chi connectivity index (χ2v) is 6.15. The highest BCUT2D eigenvalue weighted by Gasteiger charge is 2.13. The summed E-state index contributed by atoms with van der Waals surface area (Å²) < 4.78 is 0. The van der Waals surface area contributed by atoms with E-state index < -0.39 is 0 Å². The first-order valence-corrected chi connectivity index (χ1v) is 8.28. The van der Waals surface area contributed by atoms with E-state index in [1.54, 1.807) is 6.20 Å². The van der Waals surface area contributed by atoms with Crippen molar-refractivity contribution in [3.8, 4) is 0 Å². The molecule has 0 bridgehead atoms. The Hall–Kier alpha value is -3.01. The molecule has 1 heterocycles. The number of anilines is 1. The maximum absolute atomic E-state index is 12.6. The zero-order valence-electron chi connectivity index (χ0n) is 14.7. The first kappa shape index (κ1) is 16.8. The Morgan fingerprint density at radius 2 is 1.76 bits per heavy atom. The summed E-state index contributed by atoms with van der Waals surface area (Å²) in [4.78, 5) is 21.4. The molecule has 2 aromatic carbocycles. The van der Waals surface area contributed by atoms with Crippen LogP contribution in [0.2, 0.25) is 0 Å². The van der Waals surface area contributed by atoms with Gasteiger partial charge in [-0.2, -0.15) is 0 Å². The molecule has 0 spiro atoms. The minimum atomic E-state index is -0.183. The lowest BCUT2D eigenvalue weighted by atomic mass is 10.1. The molecule has 3 rings (SSSR count). The van der Waals surface area contributed by atoms with Crippen molar-refractivity contribution in [2.75, 3.05) is 5.32 Å². The van der Waals surface area contributed by atoms with Crippen molar-refractivity contribution in [2.45, 2.75) is 27.2 Å². The van der Waals surface area contributed by atoms with Gasteiger partial charge in [-0.05, 0) is 43.5 Å². The van der Waals surface area contributed by atoms with E-state index in [2.05, 4.69) is 15.3 Å². The number of hydrogen-bond donors (Lipinski definition) is 1. The highest BCUT2D eigenvalue weighted by Crippen LogP contribution is 2.19. The first-order valence-electron chi connectivity index (χ1n) is 8.28. The van der Waals surface area contributed by atoms with E-state index in [4.69, 9.17) is 0 Å². The Bertz CT molecular complexity index is 904. The molecule has 1 amide bonds. The van der Waals surface area contributed by atoms with Gasteiger partial charge in [-0.15, -0.1) is 0 Å². The van der Waals surface area contributed by atoms with Gasteiger partial charge in [-0.3, -0.25) is 4.79 Å². The highest BCUT2D eigenvalue weighted by molar-refractivity contribution is 6.05. The largest absolute Gasteiger partial charge is 0.322 e. The Balaban J connectivity index is 1.78. The summed E-state index contributed by atoms with van der Waals surface area (Å²) in [5, 5.41) is 2.96. The number of carbonyl (C=O) groups excluding carboxylic acids is 1. The van der Waals surface area contributed by atoms with Crippen molar-refractivity contribution in [3.63, 3.8) is 0 Å². The molecular formula is C21H21N3O. The van der Waals surface area contributed by atoms with Gasteiger partial charge in [0.2, 0.25) is 0 Å². The van der Waals surface area contributed by atoms with Crippen LogP contribution in [0.25, 0.3) is 0 Å². The molecule has 4 nitrogen and oxygen atoms in total.